The highest BCUT2D eigenvalue weighted by atomic mass is 79.9. The van der Waals surface area contributed by atoms with E-state index in [-0.39, 0.29) is 17.8 Å². The summed E-state index contributed by atoms with van der Waals surface area (Å²) in [6.07, 6.45) is 2.72. The number of pyridine rings is 1. The maximum Gasteiger partial charge on any atom is 0.309 e. The summed E-state index contributed by atoms with van der Waals surface area (Å²) in [5.41, 5.74) is 2.30. The topological polar surface area (TPSA) is 51.2 Å². The van der Waals surface area contributed by atoms with Crippen LogP contribution in [0.25, 0.3) is 0 Å². The van der Waals surface area contributed by atoms with Crippen LogP contribution in [0, 0.1) is 5.92 Å². The van der Waals surface area contributed by atoms with Crippen molar-refractivity contribution in [3.05, 3.63) is 58.2 Å². The first-order valence-electron chi connectivity index (χ1n) is 7.78. The van der Waals surface area contributed by atoms with Gasteiger partial charge >= 0.3 is 5.97 Å². The van der Waals surface area contributed by atoms with Crippen LogP contribution in [-0.4, -0.2) is 17.6 Å². The lowest BCUT2D eigenvalue weighted by atomic mass is 10.1. The van der Waals surface area contributed by atoms with Crippen molar-refractivity contribution < 1.29 is 9.53 Å². The first kappa shape index (κ1) is 16.0. The van der Waals surface area contributed by atoms with Gasteiger partial charge < -0.3 is 10.1 Å². The minimum absolute atomic E-state index is 0.0113. The highest BCUT2D eigenvalue weighted by Gasteiger charge is 2.45. The Labute approximate surface area is 144 Å². The standard InChI is InChI=1S/C18H19BrN2O2/c1-2-23-18(22)16-9-15(16)13-6-7-17(21-11-13)20-10-12-4-3-5-14(19)8-12/h3-8,11,15-16H,2,9-10H2,1H3,(H,20,21). The molecular weight excluding hydrogens is 356 g/mol. The van der Waals surface area contributed by atoms with Gasteiger partial charge in [0.05, 0.1) is 12.5 Å². The van der Waals surface area contributed by atoms with Gasteiger partial charge in [-0.15, -0.1) is 0 Å². The molecule has 2 aromatic rings. The van der Waals surface area contributed by atoms with E-state index in [9.17, 15) is 4.79 Å². The van der Waals surface area contributed by atoms with Gasteiger partial charge in [0.25, 0.3) is 0 Å². The molecule has 1 N–H and O–H groups in total. The van der Waals surface area contributed by atoms with Crippen LogP contribution >= 0.6 is 15.9 Å². The lowest BCUT2D eigenvalue weighted by Gasteiger charge is -2.07. The summed E-state index contributed by atoms with van der Waals surface area (Å²) >= 11 is 3.47. The number of anilines is 1. The van der Waals surface area contributed by atoms with E-state index in [0.29, 0.717) is 6.61 Å². The van der Waals surface area contributed by atoms with E-state index < -0.39 is 0 Å². The first-order chi connectivity index (χ1) is 11.2. The van der Waals surface area contributed by atoms with Crippen molar-refractivity contribution in [1.29, 1.82) is 0 Å². The second-order valence-corrected chi connectivity index (χ2v) is 6.58. The van der Waals surface area contributed by atoms with Crippen molar-refractivity contribution in [2.45, 2.75) is 25.8 Å². The summed E-state index contributed by atoms with van der Waals surface area (Å²) in [6, 6.07) is 12.2. The summed E-state index contributed by atoms with van der Waals surface area (Å²) in [5, 5.41) is 3.31. The van der Waals surface area contributed by atoms with Gasteiger partial charge in [-0.25, -0.2) is 4.98 Å². The predicted molar refractivity (Wildman–Crippen MR) is 93.2 cm³/mol. The van der Waals surface area contributed by atoms with Gasteiger partial charge in [-0.2, -0.15) is 0 Å². The van der Waals surface area contributed by atoms with Gasteiger partial charge in [0.15, 0.2) is 0 Å². The van der Waals surface area contributed by atoms with Crippen LogP contribution in [0.1, 0.15) is 30.4 Å². The predicted octanol–water partition coefficient (Wildman–Crippen LogP) is 4.12. The molecule has 3 rings (SSSR count). The van der Waals surface area contributed by atoms with Gasteiger partial charge in [0.1, 0.15) is 5.82 Å². The molecule has 1 aromatic carbocycles. The monoisotopic (exact) mass is 374 g/mol. The third kappa shape index (κ3) is 4.10. The zero-order valence-electron chi connectivity index (χ0n) is 13.0. The van der Waals surface area contributed by atoms with Crippen molar-refractivity contribution in [3.63, 3.8) is 0 Å². The van der Waals surface area contributed by atoms with Crippen LogP contribution in [-0.2, 0) is 16.1 Å². The van der Waals surface area contributed by atoms with E-state index in [1.54, 1.807) is 0 Å². The lowest BCUT2D eigenvalue weighted by molar-refractivity contribution is -0.144. The summed E-state index contributed by atoms with van der Waals surface area (Å²) in [6.45, 7) is 3.00. The van der Waals surface area contributed by atoms with E-state index in [2.05, 4.69) is 38.4 Å². The SMILES string of the molecule is CCOC(=O)C1CC1c1ccc(NCc2cccc(Br)c2)nc1. The molecule has 4 nitrogen and oxygen atoms in total. The van der Waals surface area contributed by atoms with Crippen molar-refractivity contribution in [3.8, 4) is 0 Å². The van der Waals surface area contributed by atoms with Crippen LogP contribution in [0.3, 0.4) is 0 Å². The fraction of sp³-hybridized carbons (Fsp3) is 0.333. The first-order valence-corrected chi connectivity index (χ1v) is 8.57. The van der Waals surface area contributed by atoms with Crippen LogP contribution in [0.15, 0.2) is 47.1 Å². The molecule has 0 spiro atoms. The maximum absolute atomic E-state index is 11.7. The molecule has 1 heterocycles. The molecule has 23 heavy (non-hydrogen) atoms. The van der Waals surface area contributed by atoms with Gasteiger partial charge in [-0.3, -0.25) is 4.79 Å². The van der Waals surface area contributed by atoms with E-state index in [1.807, 2.05) is 37.4 Å². The Kier molecular flexibility index (Phi) is 4.96. The molecule has 2 atom stereocenters. The van der Waals surface area contributed by atoms with Crippen LogP contribution < -0.4 is 5.32 Å². The smallest absolute Gasteiger partial charge is 0.309 e. The number of esters is 1. The second-order valence-electron chi connectivity index (χ2n) is 5.66. The molecular formula is C18H19BrN2O2. The number of nitrogens with one attached hydrogen (secondary N) is 1. The Balaban J connectivity index is 1.55. The van der Waals surface area contributed by atoms with E-state index in [1.165, 1.54) is 5.56 Å². The van der Waals surface area contributed by atoms with E-state index in [0.717, 1.165) is 28.8 Å². The highest BCUT2D eigenvalue weighted by molar-refractivity contribution is 9.10. The summed E-state index contributed by atoms with van der Waals surface area (Å²) in [4.78, 5) is 16.1. The zero-order chi connectivity index (χ0) is 16.2. The number of halogens is 1. The highest BCUT2D eigenvalue weighted by Crippen LogP contribution is 2.48. The molecule has 5 heteroatoms. The van der Waals surface area contributed by atoms with Crippen LogP contribution in [0.4, 0.5) is 5.82 Å². The van der Waals surface area contributed by atoms with Gasteiger partial charge in [-0.05, 0) is 48.6 Å². The number of hydrogen-bond donors (Lipinski definition) is 1. The van der Waals surface area contributed by atoms with Gasteiger partial charge in [0, 0.05) is 17.2 Å². The third-order valence-electron chi connectivity index (χ3n) is 3.96. The number of nitrogens with zero attached hydrogens (tertiary/aromatic N) is 1. The van der Waals surface area contributed by atoms with Crippen molar-refractivity contribution in [2.24, 2.45) is 5.92 Å². The molecule has 120 valence electrons. The van der Waals surface area contributed by atoms with Crippen LogP contribution in [0.5, 0.6) is 0 Å². The summed E-state index contributed by atoms with van der Waals surface area (Å²) in [5.74, 6) is 1.02. The normalized spacial score (nSPS) is 19.2. The minimum Gasteiger partial charge on any atom is -0.466 e. The summed E-state index contributed by atoms with van der Waals surface area (Å²) in [7, 11) is 0. The molecule has 2 unspecified atom stereocenters. The molecule has 0 bridgehead atoms. The number of carbonyl (C=O) groups excluding carboxylic acids is 1. The van der Waals surface area contributed by atoms with E-state index >= 15 is 0 Å². The Morgan fingerprint density at radius 1 is 1.39 bits per heavy atom. The number of carbonyl (C=O) groups is 1. The number of aromatic nitrogens is 1. The second kappa shape index (κ2) is 7.13. The fourth-order valence-corrected chi connectivity index (χ4v) is 3.09. The molecule has 1 fully saturated rings. The van der Waals surface area contributed by atoms with Gasteiger partial charge in [0.2, 0.25) is 0 Å². The number of benzene rings is 1. The molecule has 1 saturated carbocycles. The molecule has 0 radical (unpaired) electrons. The van der Waals surface area contributed by atoms with Gasteiger partial charge in [-0.1, -0.05) is 34.1 Å². The van der Waals surface area contributed by atoms with Crippen molar-refractivity contribution in [2.75, 3.05) is 11.9 Å². The Morgan fingerprint density at radius 3 is 2.96 bits per heavy atom. The van der Waals surface area contributed by atoms with Crippen molar-refractivity contribution in [1.82, 2.24) is 4.98 Å². The van der Waals surface area contributed by atoms with E-state index in [4.69, 9.17) is 4.74 Å². The maximum atomic E-state index is 11.7. The fourth-order valence-electron chi connectivity index (χ4n) is 2.64. The van der Waals surface area contributed by atoms with Crippen molar-refractivity contribution >= 4 is 27.7 Å². The van der Waals surface area contributed by atoms with Crippen LogP contribution in [0.2, 0.25) is 0 Å². The third-order valence-corrected chi connectivity index (χ3v) is 4.45. The summed E-state index contributed by atoms with van der Waals surface area (Å²) < 4.78 is 6.13. The molecule has 1 aliphatic carbocycles. The Morgan fingerprint density at radius 2 is 2.26 bits per heavy atom. The Hall–Kier alpha value is -1.88. The number of rotatable bonds is 6. The molecule has 1 aliphatic rings. The molecule has 1 aromatic heterocycles. The quantitative estimate of drug-likeness (QED) is 0.772. The zero-order valence-corrected chi connectivity index (χ0v) is 14.5. The molecule has 0 amide bonds. The Bertz CT molecular complexity index is 688. The molecule has 0 aliphatic heterocycles. The number of hydrogen-bond acceptors (Lipinski definition) is 4. The average Bonchev–Trinajstić information content (AvgIpc) is 3.34. The minimum atomic E-state index is -0.0886. The number of ether oxygens (including phenoxy) is 1. The largest absolute Gasteiger partial charge is 0.466 e. The lowest BCUT2D eigenvalue weighted by Crippen LogP contribution is -2.07. The molecule has 0 saturated heterocycles. The average molecular weight is 375 g/mol.